The van der Waals surface area contributed by atoms with Crippen LogP contribution in [-0.4, -0.2) is 16.9 Å². The van der Waals surface area contributed by atoms with E-state index < -0.39 is 5.97 Å². The smallest absolute Gasteiger partial charge is 0.303 e. The van der Waals surface area contributed by atoms with Gasteiger partial charge in [0, 0.05) is 12.0 Å². The van der Waals surface area contributed by atoms with Crippen molar-refractivity contribution in [1.82, 2.24) is 0 Å². The Morgan fingerprint density at radius 3 is 2.60 bits per heavy atom. The molecule has 0 aliphatic carbocycles. The zero-order chi connectivity index (χ0) is 11.4. The van der Waals surface area contributed by atoms with Crippen LogP contribution in [-0.2, 0) is 4.79 Å². The molecule has 0 aromatic heterocycles. The van der Waals surface area contributed by atoms with Crippen LogP contribution < -0.4 is 0 Å². The van der Waals surface area contributed by atoms with E-state index in [1.54, 1.807) is 18.2 Å². The van der Waals surface area contributed by atoms with E-state index in [1.165, 1.54) is 0 Å². The number of carbonyl (C=O) groups is 2. The van der Waals surface area contributed by atoms with E-state index in [9.17, 15) is 9.59 Å². The number of rotatable bonds is 4. The number of Topliss-reactive ketones (excluding diaryl/α,β-unsaturated/α-hetero) is 1. The quantitative estimate of drug-likeness (QED) is 0.804. The number of ketones is 1. The highest BCUT2D eigenvalue weighted by Gasteiger charge is 2.11. The first-order valence-corrected chi connectivity index (χ1v) is 4.89. The molecule has 3 nitrogen and oxygen atoms in total. The van der Waals surface area contributed by atoms with Gasteiger partial charge in [0.15, 0.2) is 5.78 Å². The molecule has 1 rings (SSSR count). The standard InChI is InChI=1S/C11H11ClO3/c1-7-2-3-9(12)8(6-7)10(13)4-5-11(14)15/h2-3,6H,4-5H2,1H3,(H,14,15). The zero-order valence-corrected chi connectivity index (χ0v) is 9.04. The van der Waals surface area contributed by atoms with Gasteiger partial charge in [0.2, 0.25) is 0 Å². The van der Waals surface area contributed by atoms with Gasteiger partial charge in [-0.25, -0.2) is 0 Å². The fraction of sp³-hybridized carbons (Fsp3) is 0.273. The van der Waals surface area contributed by atoms with Crippen LogP contribution in [0, 0.1) is 6.92 Å². The predicted molar refractivity (Wildman–Crippen MR) is 57.4 cm³/mol. The fourth-order valence-corrected chi connectivity index (χ4v) is 1.43. The maximum atomic E-state index is 11.6. The van der Waals surface area contributed by atoms with Crippen LogP contribution in [0.5, 0.6) is 0 Å². The van der Waals surface area contributed by atoms with Gasteiger partial charge in [0.05, 0.1) is 11.4 Å². The molecule has 4 heteroatoms. The lowest BCUT2D eigenvalue weighted by Gasteiger charge is -2.03. The van der Waals surface area contributed by atoms with Crippen LogP contribution >= 0.6 is 11.6 Å². The summed E-state index contributed by atoms with van der Waals surface area (Å²) in [5, 5.41) is 8.82. The van der Waals surface area contributed by atoms with Gasteiger partial charge < -0.3 is 5.11 Å². The number of halogens is 1. The lowest BCUT2D eigenvalue weighted by atomic mass is 10.0. The molecule has 0 saturated heterocycles. The van der Waals surface area contributed by atoms with Gasteiger partial charge in [0.1, 0.15) is 0 Å². The minimum Gasteiger partial charge on any atom is -0.481 e. The molecule has 1 aromatic rings. The van der Waals surface area contributed by atoms with E-state index in [0.717, 1.165) is 5.56 Å². The van der Waals surface area contributed by atoms with Gasteiger partial charge in [-0.2, -0.15) is 0 Å². The van der Waals surface area contributed by atoms with Crippen molar-refractivity contribution in [3.05, 3.63) is 34.3 Å². The Bertz CT molecular complexity index is 399. The molecule has 0 radical (unpaired) electrons. The summed E-state index contributed by atoms with van der Waals surface area (Å²) in [5.41, 5.74) is 1.33. The molecule has 0 atom stereocenters. The third-order valence-electron chi connectivity index (χ3n) is 1.99. The Morgan fingerprint density at radius 2 is 2.00 bits per heavy atom. The molecule has 0 amide bonds. The van der Waals surface area contributed by atoms with Crippen LogP contribution in [0.3, 0.4) is 0 Å². The minimum absolute atomic E-state index is 0.0154. The van der Waals surface area contributed by atoms with Gasteiger partial charge >= 0.3 is 5.97 Å². The van der Waals surface area contributed by atoms with Gasteiger partial charge in [-0.15, -0.1) is 0 Å². The van der Waals surface area contributed by atoms with Crippen LogP contribution in [0.1, 0.15) is 28.8 Å². The number of hydrogen-bond donors (Lipinski definition) is 1. The number of aliphatic carboxylic acids is 1. The molecule has 0 heterocycles. The molecule has 0 aliphatic heterocycles. The molecule has 1 N–H and O–H groups in total. The molecule has 80 valence electrons. The van der Waals surface area contributed by atoms with E-state index in [2.05, 4.69) is 0 Å². The van der Waals surface area contributed by atoms with Crippen LogP contribution in [0.25, 0.3) is 0 Å². The molecular formula is C11H11ClO3. The van der Waals surface area contributed by atoms with Gasteiger partial charge in [0.25, 0.3) is 0 Å². The molecule has 1 aromatic carbocycles. The van der Waals surface area contributed by atoms with Crippen molar-refractivity contribution in [2.24, 2.45) is 0 Å². The van der Waals surface area contributed by atoms with E-state index in [1.807, 2.05) is 6.92 Å². The molecule has 0 bridgehead atoms. The van der Waals surface area contributed by atoms with E-state index in [0.29, 0.717) is 10.6 Å². The summed E-state index contributed by atoms with van der Waals surface area (Å²) in [4.78, 5) is 21.9. The third kappa shape index (κ3) is 3.36. The van der Waals surface area contributed by atoms with Crippen molar-refractivity contribution in [2.75, 3.05) is 0 Å². The van der Waals surface area contributed by atoms with Gasteiger partial charge in [-0.05, 0) is 19.1 Å². The first kappa shape index (κ1) is 11.7. The molecule has 15 heavy (non-hydrogen) atoms. The number of aryl methyl sites for hydroxylation is 1. The van der Waals surface area contributed by atoms with Crippen molar-refractivity contribution in [2.45, 2.75) is 19.8 Å². The monoisotopic (exact) mass is 226 g/mol. The average Bonchev–Trinajstić information content (AvgIpc) is 2.18. The SMILES string of the molecule is Cc1ccc(Cl)c(C(=O)CCC(=O)O)c1. The lowest BCUT2D eigenvalue weighted by Crippen LogP contribution is -2.04. The Balaban J connectivity index is 2.81. The molecular weight excluding hydrogens is 216 g/mol. The second-order valence-corrected chi connectivity index (χ2v) is 3.71. The van der Waals surface area contributed by atoms with E-state index >= 15 is 0 Å². The average molecular weight is 227 g/mol. The zero-order valence-electron chi connectivity index (χ0n) is 8.29. The minimum atomic E-state index is -0.980. The summed E-state index contributed by atoms with van der Waals surface area (Å²) in [6, 6.07) is 5.12. The number of benzene rings is 1. The van der Waals surface area contributed by atoms with Gasteiger partial charge in [-0.1, -0.05) is 23.2 Å². The summed E-state index contributed by atoms with van der Waals surface area (Å²) in [5.74, 6) is -1.21. The maximum Gasteiger partial charge on any atom is 0.303 e. The van der Waals surface area contributed by atoms with Crippen molar-refractivity contribution < 1.29 is 14.7 Å². The Morgan fingerprint density at radius 1 is 1.33 bits per heavy atom. The van der Waals surface area contributed by atoms with Crippen molar-refractivity contribution >= 4 is 23.4 Å². The summed E-state index contributed by atoms with van der Waals surface area (Å²) in [7, 11) is 0. The maximum absolute atomic E-state index is 11.6. The number of carbonyl (C=O) groups excluding carboxylic acids is 1. The Hall–Kier alpha value is -1.35. The summed E-state index contributed by atoms with van der Waals surface area (Å²) in [6.07, 6.45) is -0.179. The normalized spacial score (nSPS) is 10.0. The number of carboxylic acids is 1. The van der Waals surface area contributed by atoms with Gasteiger partial charge in [-0.3, -0.25) is 9.59 Å². The largest absolute Gasteiger partial charge is 0.481 e. The topological polar surface area (TPSA) is 54.4 Å². The second-order valence-electron chi connectivity index (χ2n) is 3.30. The first-order chi connectivity index (χ1) is 7.00. The van der Waals surface area contributed by atoms with Crippen molar-refractivity contribution in [3.8, 4) is 0 Å². The number of hydrogen-bond acceptors (Lipinski definition) is 2. The molecule has 0 spiro atoms. The third-order valence-corrected chi connectivity index (χ3v) is 2.32. The molecule has 0 fully saturated rings. The molecule has 0 unspecified atom stereocenters. The highest BCUT2D eigenvalue weighted by Crippen LogP contribution is 2.19. The van der Waals surface area contributed by atoms with Crippen LogP contribution in [0.2, 0.25) is 5.02 Å². The lowest BCUT2D eigenvalue weighted by molar-refractivity contribution is -0.136. The fourth-order valence-electron chi connectivity index (χ4n) is 1.21. The van der Waals surface area contributed by atoms with Crippen LogP contribution in [0.15, 0.2) is 18.2 Å². The Labute approximate surface area is 92.7 Å². The van der Waals surface area contributed by atoms with Crippen LogP contribution in [0.4, 0.5) is 0 Å². The number of carboxylic acid groups (broad SMARTS) is 1. The van der Waals surface area contributed by atoms with Crippen molar-refractivity contribution in [1.29, 1.82) is 0 Å². The second kappa shape index (κ2) is 4.94. The van der Waals surface area contributed by atoms with Crippen molar-refractivity contribution in [3.63, 3.8) is 0 Å². The summed E-state index contributed by atoms with van der Waals surface area (Å²) >= 11 is 5.84. The highest BCUT2D eigenvalue weighted by atomic mass is 35.5. The van der Waals surface area contributed by atoms with E-state index in [-0.39, 0.29) is 18.6 Å². The molecule has 0 saturated carbocycles. The molecule has 0 aliphatic rings. The highest BCUT2D eigenvalue weighted by molar-refractivity contribution is 6.34. The first-order valence-electron chi connectivity index (χ1n) is 4.52. The summed E-state index contributed by atoms with van der Waals surface area (Å²) < 4.78 is 0. The predicted octanol–water partition coefficient (Wildman–Crippen LogP) is 2.70. The van der Waals surface area contributed by atoms with E-state index in [4.69, 9.17) is 16.7 Å². The summed E-state index contributed by atoms with van der Waals surface area (Å²) in [6.45, 7) is 1.85. The Kier molecular flexibility index (Phi) is 3.86.